The predicted molar refractivity (Wildman–Crippen MR) is 101 cm³/mol. The lowest BCUT2D eigenvalue weighted by Crippen LogP contribution is -2.46. The van der Waals surface area contributed by atoms with Crippen molar-refractivity contribution in [2.45, 2.75) is 13.5 Å². The van der Waals surface area contributed by atoms with Gasteiger partial charge < -0.3 is 15.1 Å². The second kappa shape index (κ2) is 8.32. The van der Waals surface area contributed by atoms with E-state index in [9.17, 15) is 4.79 Å². The Morgan fingerprint density at radius 1 is 1.20 bits per heavy atom. The maximum Gasteiger partial charge on any atom is 0.270 e. The quantitative estimate of drug-likeness (QED) is 0.892. The Kier molecular flexibility index (Phi) is 5.89. The summed E-state index contributed by atoms with van der Waals surface area (Å²) in [5, 5.41) is 3.54. The standard InChI is InChI=1S/C19H23ClN4O/c1-2-23-9-11-24(12-10-23)16-7-8-21-18(13-16)19(25)22-14-15-5-3-4-6-17(15)20/h3-8,13H,2,9-12,14H2,1H3,(H,22,25). The molecule has 0 bridgehead atoms. The van der Waals surface area contributed by atoms with E-state index in [4.69, 9.17) is 11.6 Å². The van der Waals surface area contributed by atoms with Crippen molar-refractivity contribution in [3.05, 3.63) is 58.9 Å². The van der Waals surface area contributed by atoms with Crippen molar-refractivity contribution in [1.29, 1.82) is 0 Å². The number of likely N-dealkylation sites (N-methyl/N-ethyl adjacent to an activating group) is 1. The van der Waals surface area contributed by atoms with Gasteiger partial charge in [-0.1, -0.05) is 36.7 Å². The van der Waals surface area contributed by atoms with E-state index < -0.39 is 0 Å². The summed E-state index contributed by atoms with van der Waals surface area (Å²) in [5.74, 6) is -0.186. The third-order valence-corrected chi connectivity index (χ3v) is 4.93. The van der Waals surface area contributed by atoms with Crippen molar-refractivity contribution >= 4 is 23.2 Å². The molecule has 2 aromatic rings. The van der Waals surface area contributed by atoms with E-state index >= 15 is 0 Å². The normalized spacial score (nSPS) is 15.2. The van der Waals surface area contributed by atoms with Crippen LogP contribution in [0.2, 0.25) is 5.02 Å². The van der Waals surface area contributed by atoms with Gasteiger partial charge in [0.25, 0.3) is 5.91 Å². The molecular formula is C19H23ClN4O. The van der Waals surface area contributed by atoms with E-state index in [1.807, 2.05) is 36.4 Å². The summed E-state index contributed by atoms with van der Waals surface area (Å²) in [6, 6.07) is 11.3. The summed E-state index contributed by atoms with van der Waals surface area (Å²) < 4.78 is 0. The van der Waals surface area contributed by atoms with Gasteiger partial charge in [-0.25, -0.2) is 0 Å². The molecule has 1 N–H and O–H groups in total. The highest BCUT2D eigenvalue weighted by molar-refractivity contribution is 6.31. The van der Waals surface area contributed by atoms with E-state index in [-0.39, 0.29) is 5.91 Å². The Labute approximate surface area is 153 Å². The molecule has 1 saturated heterocycles. The molecule has 0 radical (unpaired) electrons. The van der Waals surface area contributed by atoms with Gasteiger partial charge in [0.2, 0.25) is 0 Å². The molecule has 1 fully saturated rings. The maximum atomic E-state index is 12.4. The van der Waals surface area contributed by atoms with Crippen LogP contribution < -0.4 is 10.2 Å². The van der Waals surface area contributed by atoms with Gasteiger partial charge in [0.05, 0.1) is 0 Å². The summed E-state index contributed by atoms with van der Waals surface area (Å²) >= 11 is 6.13. The van der Waals surface area contributed by atoms with E-state index in [1.165, 1.54) is 0 Å². The van der Waals surface area contributed by atoms with Crippen LogP contribution in [0.1, 0.15) is 23.0 Å². The number of nitrogens with zero attached hydrogens (tertiary/aromatic N) is 3. The van der Waals surface area contributed by atoms with Crippen LogP contribution in [0.5, 0.6) is 0 Å². The minimum absolute atomic E-state index is 0.186. The topological polar surface area (TPSA) is 48.5 Å². The molecule has 5 nitrogen and oxygen atoms in total. The minimum atomic E-state index is -0.186. The summed E-state index contributed by atoms with van der Waals surface area (Å²) in [7, 11) is 0. The number of hydrogen-bond donors (Lipinski definition) is 1. The largest absolute Gasteiger partial charge is 0.369 e. The Hall–Kier alpha value is -2.11. The molecule has 2 heterocycles. The number of aromatic nitrogens is 1. The van der Waals surface area contributed by atoms with E-state index in [2.05, 4.69) is 27.0 Å². The predicted octanol–water partition coefficient (Wildman–Crippen LogP) is 2.81. The number of hydrogen-bond acceptors (Lipinski definition) is 4. The SMILES string of the molecule is CCN1CCN(c2ccnc(C(=O)NCc3ccccc3Cl)c2)CC1. The monoisotopic (exact) mass is 358 g/mol. The molecule has 3 rings (SSSR count). The number of halogens is 1. The lowest BCUT2D eigenvalue weighted by molar-refractivity contribution is 0.0946. The van der Waals surface area contributed by atoms with Gasteiger partial charge in [-0.2, -0.15) is 0 Å². The molecule has 1 aliphatic heterocycles. The number of carbonyl (C=O) groups excluding carboxylic acids is 1. The van der Waals surface area contributed by atoms with Crippen LogP contribution in [0.3, 0.4) is 0 Å². The molecule has 0 unspecified atom stereocenters. The van der Waals surface area contributed by atoms with Gasteiger partial charge in [-0.05, 0) is 30.3 Å². The lowest BCUT2D eigenvalue weighted by atomic mass is 10.2. The Bertz CT molecular complexity index is 729. The lowest BCUT2D eigenvalue weighted by Gasteiger charge is -2.35. The Balaban J connectivity index is 1.63. The van der Waals surface area contributed by atoms with Crippen LogP contribution in [0, 0.1) is 0 Å². The number of nitrogens with one attached hydrogen (secondary N) is 1. The molecule has 0 saturated carbocycles. The second-order valence-electron chi connectivity index (χ2n) is 6.09. The second-order valence-corrected chi connectivity index (χ2v) is 6.50. The summed E-state index contributed by atoms with van der Waals surface area (Å²) in [6.45, 7) is 7.69. The smallest absolute Gasteiger partial charge is 0.270 e. The molecule has 0 aliphatic carbocycles. The zero-order valence-corrected chi connectivity index (χ0v) is 15.2. The van der Waals surface area contributed by atoms with Crippen molar-refractivity contribution in [2.75, 3.05) is 37.6 Å². The highest BCUT2D eigenvalue weighted by atomic mass is 35.5. The number of pyridine rings is 1. The van der Waals surface area contributed by atoms with Gasteiger partial charge in [0.15, 0.2) is 0 Å². The first-order valence-corrected chi connectivity index (χ1v) is 9.00. The molecule has 6 heteroatoms. The fourth-order valence-electron chi connectivity index (χ4n) is 2.97. The van der Waals surface area contributed by atoms with Crippen molar-refractivity contribution in [2.24, 2.45) is 0 Å². The summed E-state index contributed by atoms with van der Waals surface area (Å²) in [5.41, 5.74) is 2.38. The van der Waals surface area contributed by atoms with Crippen LogP contribution >= 0.6 is 11.6 Å². The fraction of sp³-hybridized carbons (Fsp3) is 0.368. The van der Waals surface area contributed by atoms with Crippen molar-refractivity contribution in [3.63, 3.8) is 0 Å². The average molecular weight is 359 g/mol. The number of rotatable bonds is 5. The first-order valence-electron chi connectivity index (χ1n) is 8.62. The van der Waals surface area contributed by atoms with Gasteiger partial charge in [-0.3, -0.25) is 9.78 Å². The fourth-order valence-corrected chi connectivity index (χ4v) is 3.17. The van der Waals surface area contributed by atoms with Crippen LogP contribution in [0.4, 0.5) is 5.69 Å². The Morgan fingerprint density at radius 2 is 1.96 bits per heavy atom. The summed E-state index contributed by atoms with van der Waals surface area (Å²) in [4.78, 5) is 21.4. The van der Waals surface area contributed by atoms with Crippen LogP contribution in [-0.4, -0.2) is 48.5 Å². The first-order chi connectivity index (χ1) is 12.2. The molecule has 1 aromatic carbocycles. The maximum absolute atomic E-state index is 12.4. The number of amides is 1. The third-order valence-electron chi connectivity index (χ3n) is 4.56. The zero-order chi connectivity index (χ0) is 17.6. The van der Waals surface area contributed by atoms with E-state index in [0.29, 0.717) is 17.3 Å². The molecular weight excluding hydrogens is 336 g/mol. The van der Waals surface area contributed by atoms with Crippen molar-refractivity contribution in [3.8, 4) is 0 Å². The van der Waals surface area contributed by atoms with Crippen LogP contribution in [-0.2, 0) is 6.54 Å². The van der Waals surface area contributed by atoms with Crippen molar-refractivity contribution in [1.82, 2.24) is 15.2 Å². The summed E-state index contributed by atoms with van der Waals surface area (Å²) in [6.07, 6.45) is 1.70. The molecule has 0 spiro atoms. The first kappa shape index (κ1) is 17.7. The number of benzene rings is 1. The molecule has 25 heavy (non-hydrogen) atoms. The molecule has 1 aromatic heterocycles. The van der Waals surface area contributed by atoms with E-state index in [1.54, 1.807) is 6.20 Å². The minimum Gasteiger partial charge on any atom is -0.369 e. The molecule has 132 valence electrons. The van der Waals surface area contributed by atoms with E-state index in [0.717, 1.165) is 44.0 Å². The highest BCUT2D eigenvalue weighted by Gasteiger charge is 2.17. The van der Waals surface area contributed by atoms with Crippen molar-refractivity contribution < 1.29 is 4.79 Å². The zero-order valence-electron chi connectivity index (χ0n) is 14.4. The van der Waals surface area contributed by atoms with Gasteiger partial charge in [0, 0.05) is 49.6 Å². The van der Waals surface area contributed by atoms with Gasteiger partial charge in [0.1, 0.15) is 5.69 Å². The van der Waals surface area contributed by atoms with Crippen LogP contribution in [0.25, 0.3) is 0 Å². The molecule has 1 amide bonds. The molecule has 0 atom stereocenters. The Morgan fingerprint density at radius 3 is 2.68 bits per heavy atom. The average Bonchev–Trinajstić information content (AvgIpc) is 2.67. The van der Waals surface area contributed by atoms with Gasteiger partial charge in [-0.15, -0.1) is 0 Å². The highest BCUT2D eigenvalue weighted by Crippen LogP contribution is 2.18. The number of carbonyl (C=O) groups is 1. The number of anilines is 1. The number of piperazine rings is 1. The van der Waals surface area contributed by atoms with Gasteiger partial charge >= 0.3 is 0 Å². The molecule has 1 aliphatic rings. The third kappa shape index (κ3) is 4.50. The van der Waals surface area contributed by atoms with Crippen LogP contribution in [0.15, 0.2) is 42.6 Å².